The van der Waals surface area contributed by atoms with Crippen LogP contribution in [-0.2, 0) is 22.7 Å². The third kappa shape index (κ3) is 4.66. The van der Waals surface area contributed by atoms with Crippen LogP contribution in [0, 0.1) is 6.92 Å². The van der Waals surface area contributed by atoms with Crippen LogP contribution in [-0.4, -0.2) is 37.0 Å². The molecule has 6 nitrogen and oxygen atoms in total. The van der Waals surface area contributed by atoms with E-state index in [0.29, 0.717) is 11.5 Å². The molecule has 0 radical (unpaired) electrons. The molecule has 3 heterocycles. The number of carbonyl (C=O) groups is 1. The topological polar surface area (TPSA) is 59.1 Å². The van der Waals surface area contributed by atoms with Crippen LogP contribution in [0.4, 0.5) is 5.69 Å². The summed E-state index contributed by atoms with van der Waals surface area (Å²) in [6.07, 6.45) is 0. The van der Waals surface area contributed by atoms with Crippen LogP contribution in [0.2, 0.25) is 0 Å². The van der Waals surface area contributed by atoms with Crippen LogP contribution in [0.25, 0.3) is 22.5 Å². The Morgan fingerprint density at radius 1 is 0.939 bits per heavy atom. The zero-order valence-electron chi connectivity index (χ0n) is 19.0. The van der Waals surface area contributed by atoms with Gasteiger partial charge in [0.2, 0.25) is 0 Å². The largest absolute Gasteiger partial charge is 0.461 e. The summed E-state index contributed by atoms with van der Waals surface area (Å²) in [6, 6.07) is 20.4. The number of carbonyl (C=O) groups excluding carboxylic acids is 1. The standard InChI is InChI=1S/C27H28N2O4/c1-19-7-9-21(10-8-19)29-15-13-28(14-16-29)17-22-11-12-26(32-22)27-24(18-31-20(2)30)23-5-3-4-6-25(23)33-27/h3-12H,13-18H2,1-2H3. The number of aryl methyl sites for hydroxylation is 1. The predicted octanol–water partition coefficient (Wildman–Crippen LogP) is 5.39. The lowest BCUT2D eigenvalue weighted by Gasteiger charge is -2.35. The van der Waals surface area contributed by atoms with Gasteiger partial charge in [0.15, 0.2) is 11.5 Å². The van der Waals surface area contributed by atoms with Crippen molar-refractivity contribution in [2.75, 3.05) is 31.1 Å². The van der Waals surface area contributed by atoms with Gasteiger partial charge < -0.3 is 18.5 Å². The molecule has 6 heteroatoms. The Morgan fingerprint density at radius 3 is 2.45 bits per heavy atom. The lowest BCUT2D eigenvalue weighted by atomic mass is 10.1. The Labute approximate surface area is 193 Å². The molecule has 5 rings (SSSR count). The molecule has 0 bridgehead atoms. The van der Waals surface area contributed by atoms with Gasteiger partial charge in [0.1, 0.15) is 18.0 Å². The molecule has 0 atom stereocenters. The first-order valence-corrected chi connectivity index (χ1v) is 11.3. The maximum Gasteiger partial charge on any atom is 0.302 e. The van der Waals surface area contributed by atoms with Crippen LogP contribution < -0.4 is 4.90 Å². The molecule has 0 N–H and O–H groups in total. The monoisotopic (exact) mass is 444 g/mol. The Morgan fingerprint density at radius 2 is 1.70 bits per heavy atom. The molecule has 2 aromatic heterocycles. The van der Waals surface area contributed by atoms with Crippen molar-refractivity contribution in [3.63, 3.8) is 0 Å². The summed E-state index contributed by atoms with van der Waals surface area (Å²) in [7, 11) is 0. The fourth-order valence-corrected chi connectivity index (χ4v) is 4.34. The minimum absolute atomic E-state index is 0.151. The van der Waals surface area contributed by atoms with Crippen LogP contribution in [0.5, 0.6) is 0 Å². The third-order valence-electron chi connectivity index (χ3n) is 6.15. The van der Waals surface area contributed by atoms with Crippen molar-refractivity contribution in [2.45, 2.75) is 27.0 Å². The molecule has 1 fully saturated rings. The van der Waals surface area contributed by atoms with E-state index < -0.39 is 0 Å². The van der Waals surface area contributed by atoms with E-state index in [9.17, 15) is 4.79 Å². The first-order valence-electron chi connectivity index (χ1n) is 11.3. The van der Waals surface area contributed by atoms with Crippen molar-refractivity contribution in [2.24, 2.45) is 0 Å². The summed E-state index contributed by atoms with van der Waals surface area (Å²) in [6.45, 7) is 8.37. The highest BCUT2D eigenvalue weighted by molar-refractivity contribution is 5.87. The SMILES string of the molecule is CC(=O)OCc1c(-c2ccc(CN3CCN(c4ccc(C)cc4)CC3)o2)oc2ccccc12. The summed E-state index contributed by atoms with van der Waals surface area (Å²) >= 11 is 0. The summed E-state index contributed by atoms with van der Waals surface area (Å²) in [5.74, 6) is 1.85. The van der Waals surface area contributed by atoms with Crippen molar-refractivity contribution < 1.29 is 18.4 Å². The smallest absolute Gasteiger partial charge is 0.302 e. The normalized spacial score (nSPS) is 14.7. The number of rotatable bonds is 6. The maximum atomic E-state index is 11.4. The number of benzene rings is 2. The number of fused-ring (bicyclic) bond motifs is 1. The second-order valence-corrected chi connectivity index (χ2v) is 8.55. The Kier molecular flexibility index (Phi) is 5.92. The van der Waals surface area contributed by atoms with Gasteiger partial charge in [0, 0.05) is 49.7 Å². The molecule has 0 amide bonds. The van der Waals surface area contributed by atoms with E-state index >= 15 is 0 Å². The summed E-state index contributed by atoms with van der Waals surface area (Å²) in [5.41, 5.74) is 4.14. The van der Waals surface area contributed by atoms with Crippen LogP contribution in [0.3, 0.4) is 0 Å². The summed E-state index contributed by atoms with van der Waals surface area (Å²) < 4.78 is 17.6. The summed E-state index contributed by atoms with van der Waals surface area (Å²) in [5, 5.41) is 0.930. The third-order valence-corrected chi connectivity index (χ3v) is 6.15. The van der Waals surface area contributed by atoms with Crippen molar-refractivity contribution in [3.05, 3.63) is 77.6 Å². The number of hydrogen-bond acceptors (Lipinski definition) is 6. The van der Waals surface area contributed by atoms with Gasteiger partial charge in [-0.25, -0.2) is 0 Å². The number of hydrogen-bond donors (Lipinski definition) is 0. The number of furan rings is 2. The molecule has 1 saturated heterocycles. The molecular weight excluding hydrogens is 416 g/mol. The van der Waals surface area contributed by atoms with E-state index in [-0.39, 0.29) is 12.6 Å². The van der Waals surface area contributed by atoms with E-state index in [1.54, 1.807) is 0 Å². The molecule has 1 aliphatic heterocycles. The number of esters is 1. The second kappa shape index (κ2) is 9.16. The summed E-state index contributed by atoms with van der Waals surface area (Å²) in [4.78, 5) is 16.2. The van der Waals surface area contributed by atoms with Gasteiger partial charge in [0.25, 0.3) is 0 Å². The fourth-order valence-electron chi connectivity index (χ4n) is 4.34. The lowest BCUT2D eigenvalue weighted by Crippen LogP contribution is -2.45. The quantitative estimate of drug-likeness (QED) is 0.372. The van der Waals surface area contributed by atoms with Crippen molar-refractivity contribution in [1.82, 2.24) is 4.90 Å². The number of para-hydroxylation sites is 1. The van der Waals surface area contributed by atoms with Crippen molar-refractivity contribution >= 4 is 22.6 Å². The average molecular weight is 445 g/mol. The highest BCUT2D eigenvalue weighted by Gasteiger charge is 2.22. The molecule has 0 saturated carbocycles. The van der Waals surface area contributed by atoms with Crippen molar-refractivity contribution in [1.29, 1.82) is 0 Å². The number of nitrogens with zero attached hydrogens (tertiary/aromatic N) is 2. The first kappa shape index (κ1) is 21.3. The molecule has 170 valence electrons. The van der Waals surface area contributed by atoms with Crippen LogP contribution in [0.15, 0.2) is 69.5 Å². The van der Waals surface area contributed by atoms with Gasteiger partial charge in [-0.2, -0.15) is 0 Å². The number of anilines is 1. The number of ether oxygens (including phenoxy) is 1. The first-order chi connectivity index (χ1) is 16.1. The average Bonchev–Trinajstić information content (AvgIpc) is 3.43. The van der Waals surface area contributed by atoms with Gasteiger partial charge in [-0.05, 0) is 37.3 Å². The van der Waals surface area contributed by atoms with E-state index in [0.717, 1.165) is 55.0 Å². The minimum atomic E-state index is -0.323. The minimum Gasteiger partial charge on any atom is -0.461 e. The Hall–Kier alpha value is -3.51. The number of piperazine rings is 1. The Bertz CT molecular complexity index is 1250. The zero-order valence-corrected chi connectivity index (χ0v) is 19.0. The van der Waals surface area contributed by atoms with Crippen LogP contribution >= 0.6 is 0 Å². The zero-order chi connectivity index (χ0) is 22.8. The van der Waals surface area contributed by atoms with E-state index in [2.05, 4.69) is 41.0 Å². The molecule has 0 unspecified atom stereocenters. The molecular formula is C27H28N2O4. The van der Waals surface area contributed by atoms with Crippen LogP contribution in [0.1, 0.15) is 23.8 Å². The molecule has 33 heavy (non-hydrogen) atoms. The van der Waals surface area contributed by atoms with Gasteiger partial charge in [-0.3, -0.25) is 9.69 Å². The van der Waals surface area contributed by atoms with E-state index in [1.165, 1.54) is 18.2 Å². The van der Waals surface area contributed by atoms with Gasteiger partial charge in [-0.15, -0.1) is 0 Å². The maximum absolute atomic E-state index is 11.4. The highest BCUT2D eigenvalue weighted by Crippen LogP contribution is 2.35. The van der Waals surface area contributed by atoms with E-state index in [4.69, 9.17) is 13.6 Å². The van der Waals surface area contributed by atoms with Crippen molar-refractivity contribution in [3.8, 4) is 11.5 Å². The molecule has 2 aromatic carbocycles. The van der Waals surface area contributed by atoms with E-state index in [1.807, 2.05) is 36.4 Å². The molecule has 4 aromatic rings. The predicted molar refractivity (Wildman–Crippen MR) is 128 cm³/mol. The molecule has 1 aliphatic rings. The molecule has 0 spiro atoms. The van der Waals surface area contributed by atoms with Gasteiger partial charge in [-0.1, -0.05) is 35.9 Å². The second-order valence-electron chi connectivity index (χ2n) is 8.55. The lowest BCUT2D eigenvalue weighted by molar-refractivity contribution is -0.142. The fraction of sp³-hybridized carbons (Fsp3) is 0.296. The molecule has 0 aliphatic carbocycles. The highest BCUT2D eigenvalue weighted by atomic mass is 16.5. The van der Waals surface area contributed by atoms with Gasteiger partial charge >= 0.3 is 5.97 Å². The van der Waals surface area contributed by atoms with Gasteiger partial charge in [0.05, 0.1) is 6.54 Å². The Balaban J connectivity index is 1.28.